The molecule has 1 unspecified atom stereocenters. The SMILES string of the molecule is O=C(CCCCOP(=O)(O)O)OC1CC2CCC1CC2. The molecule has 0 amide bonds. The van der Waals surface area contributed by atoms with Gasteiger partial charge in [0.05, 0.1) is 6.61 Å². The molecular formula is C13H23O6P. The molecule has 0 heterocycles. The van der Waals surface area contributed by atoms with Crippen molar-refractivity contribution in [1.82, 2.24) is 0 Å². The standard InChI is InChI=1S/C13H23O6P/c14-13(3-1-2-8-18-20(15,16)17)19-12-9-10-4-6-11(12)7-5-10/h10-12H,1-9H2,(H2,15,16,17). The van der Waals surface area contributed by atoms with Crippen LogP contribution >= 0.6 is 7.82 Å². The normalized spacial score (nSPS) is 29.4. The highest BCUT2D eigenvalue weighted by molar-refractivity contribution is 7.46. The van der Waals surface area contributed by atoms with Crippen molar-refractivity contribution < 1.29 is 28.4 Å². The average Bonchev–Trinajstić information content (AvgIpc) is 2.38. The van der Waals surface area contributed by atoms with Gasteiger partial charge in [-0.05, 0) is 56.8 Å². The van der Waals surface area contributed by atoms with E-state index < -0.39 is 7.82 Å². The van der Waals surface area contributed by atoms with E-state index in [2.05, 4.69) is 4.52 Å². The molecule has 1 atom stereocenters. The second-order valence-electron chi connectivity index (χ2n) is 5.83. The molecule has 116 valence electrons. The lowest BCUT2D eigenvalue weighted by atomic mass is 9.69. The number of phosphoric ester groups is 1. The summed E-state index contributed by atoms with van der Waals surface area (Å²) in [6.07, 6.45) is 7.28. The number of phosphoric acid groups is 1. The molecule has 0 aromatic rings. The topological polar surface area (TPSA) is 93.1 Å². The van der Waals surface area contributed by atoms with Crippen molar-refractivity contribution >= 4 is 13.8 Å². The van der Waals surface area contributed by atoms with Gasteiger partial charge in [0, 0.05) is 6.42 Å². The molecule has 3 rings (SSSR count). The van der Waals surface area contributed by atoms with Crippen LogP contribution in [-0.4, -0.2) is 28.5 Å². The third-order valence-corrected chi connectivity index (χ3v) is 4.82. The second-order valence-corrected chi connectivity index (χ2v) is 7.07. The molecule has 6 nitrogen and oxygen atoms in total. The third-order valence-electron chi connectivity index (χ3n) is 4.30. The van der Waals surface area contributed by atoms with Crippen LogP contribution in [0.3, 0.4) is 0 Å². The Hall–Kier alpha value is -0.420. The number of rotatable bonds is 7. The van der Waals surface area contributed by atoms with E-state index in [9.17, 15) is 9.36 Å². The number of carbonyl (C=O) groups is 1. The van der Waals surface area contributed by atoms with Crippen molar-refractivity contribution in [3.8, 4) is 0 Å². The minimum atomic E-state index is -4.38. The fourth-order valence-electron chi connectivity index (χ4n) is 3.24. The summed E-state index contributed by atoms with van der Waals surface area (Å²) in [6, 6.07) is 0. The molecular weight excluding hydrogens is 283 g/mol. The van der Waals surface area contributed by atoms with Crippen molar-refractivity contribution in [3.63, 3.8) is 0 Å². The molecule has 2 bridgehead atoms. The molecule has 3 saturated carbocycles. The smallest absolute Gasteiger partial charge is 0.462 e. The highest BCUT2D eigenvalue weighted by atomic mass is 31.2. The van der Waals surface area contributed by atoms with Gasteiger partial charge in [0.15, 0.2) is 0 Å². The lowest BCUT2D eigenvalue weighted by Gasteiger charge is -2.41. The van der Waals surface area contributed by atoms with Gasteiger partial charge in [-0.2, -0.15) is 0 Å². The van der Waals surface area contributed by atoms with Gasteiger partial charge in [-0.25, -0.2) is 4.57 Å². The van der Waals surface area contributed by atoms with Crippen LogP contribution in [0.4, 0.5) is 0 Å². The summed E-state index contributed by atoms with van der Waals surface area (Å²) in [6.45, 7) is -0.0360. The molecule has 3 aliphatic rings. The lowest BCUT2D eigenvalue weighted by Crippen LogP contribution is -2.38. The molecule has 0 aromatic heterocycles. The van der Waals surface area contributed by atoms with Crippen LogP contribution in [0.25, 0.3) is 0 Å². The van der Waals surface area contributed by atoms with E-state index in [-0.39, 0.29) is 18.7 Å². The third kappa shape index (κ3) is 5.17. The molecule has 0 saturated heterocycles. The minimum absolute atomic E-state index is 0.0360. The van der Waals surface area contributed by atoms with Crippen LogP contribution in [0.15, 0.2) is 0 Å². The summed E-state index contributed by atoms with van der Waals surface area (Å²) in [5.41, 5.74) is 0. The summed E-state index contributed by atoms with van der Waals surface area (Å²) in [5.74, 6) is 1.08. The van der Waals surface area contributed by atoms with Gasteiger partial charge < -0.3 is 14.5 Å². The number of unbranched alkanes of at least 4 members (excludes halogenated alkanes) is 1. The number of hydrogen-bond donors (Lipinski definition) is 2. The largest absolute Gasteiger partial charge is 0.469 e. The Kier molecular flexibility index (Phi) is 5.61. The van der Waals surface area contributed by atoms with Crippen molar-refractivity contribution in [2.24, 2.45) is 11.8 Å². The molecule has 2 N–H and O–H groups in total. The summed E-state index contributed by atoms with van der Waals surface area (Å²) in [7, 11) is -4.38. The van der Waals surface area contributed by atoms with Crippen LogP contribution < -0.4 is 0 Å². The van der Waals surface area contributed by atoms with Crippen LogP contribution in [-0.2, 0) is 18.6 Å². The Morgan fingerprint density at radius 2 is 1.85 bits per heavy atom. The maximum Gasteiger partial charge on any atom is 0.469 e. The van der Waals surface area contributed by atoms with Gasteiger partial charge in [-0.3, -0.25) is 9.32 Å². The summed E-state index contributed by atoms with van der Waals surface area (Å²) in [5, 5.41) is 0. The molecule has 3 fully saturated rings. The van der Waals surface area contributed by atoms with Crippen molar-refractivity contribution in [2.45, 2.75) is 57.5 Å². The second kappa shape index (κ2) is 7.03. The predicted molar refractivity (Wildman–Crippen MR) is 71.8 cm³/mol. The minimum Gasteiger partial charge on any atom is -0.462 e. The molecule has 0 spiro atoms. The number of esters is 1. The zero-order chi connectivity index (χ0) is 14.6. The first-order valence-corrected chi connectivity index (χ1v) is 8.86. The zero-order valence-electron chi connectivity index (χ0n) is 11.6. The fraction of sp³-hybridized carbons (Fsp3) is 0.923. The van der Waals surface area contributed by atoms with Gasteiger partial charge in [-0.15, -0.1) is 0 Å². The van der Waals surface area contributed by atoms with Crippen molar-refractivity contribution in [3.05, 3.63) is 0 Å². The van der Waals surface area contributed by atoms with Crippen molar-refractivity contribution in [1.29, 1.82) is 0 Å². The fourth-order valence-corrected chi connectivity index (χ4v) is 3.61. The molecule has 0 aromatic carbocycles. The van der Waals surface area contributed by atoms with E-state index in [1.165, 1.54) is 25.7 Å². The Bertz CT molecular complexity index is 371. The maximum absolute atomic E-state index is 11.7. The van der Waals surface area contributed by atoms with Crippen LogP contribution in [0, 0.1) is 11.8 Å². The molecule has 0 radical (unpaired) electrons. The van der Waals surface area contributed by atoms with E-state index in [0.29, 0.717) is 25.2 Å². The van der Waals surface area contributed by atoms with Crippen molar-refractivity contribution in [2.75, 3.05) is 6.61 Å². The average molecular weight is 306 g/mol. The Morgan fingerprint density at radius 1 is 1.15 bits per heavy atom. The quantitative estimate of drug-likeness (QED) is 0.426. The van der Waals surface area contributed by atoms with Gasteiger partial charge in [0.2, 0.25) is 0 Å². The Balaban J connectivity index is 1.58. The van der Waals surface area contributed by atoms with Crippen LogP contribution in [0.5, 0.6) is 0 Å². The lowest BCUT2D eigenvalue weighted by molar-refractivity contribution is -0.157. The summed E-state index contributed by atoms with van der Waals surface area (Å²) >= 11 is 0. The first-order valence-electron chi connectivity index (χ1n) is 7.33. The Labute approximate surface area is 119 Å². The number of carbonyl (C=O) groups excluding carboxylic acids is 1. The van der Waals surface area contributed by atoms with E-state index in [1.807, 2.05) is 0 Å². The highest BCUT2D eigenvalue weighted by Gasteiger charge is 2.37. The number of fused-ring (bicyclic) bond motifs is 3. The van der Waals surface area contributed by atoms with Gasteiger partial charge in [0.1, 0.15) is 6.10 Å². The first kappa shape index (κ1) is 16.0. The van der Waals surface area contributed by atoms with Gasteiger partial charge in [0.25, 0.3) is 0 Å². The van der Waals surface area contributed by atoms with Gasteiger partial charge in [-0.1, -0.05) is 0 Å². The summed E-state index contributed by atoms with van der Waals surface area (Å²) < 4.78 is 20.3. The maximum atomic E-state index is 11.7. The molecule has 0 aliphatic heterocycles. The first-order chi connectivity index (χ1) is 9.44. The zero-order valence-corrected chi connectivity index (χ0v) is 12.5. The van der Waals surface area contributed by atoms with Gasteiger partial charge >= 0.3 is 13.8 Å². The number of ether oxygens (including phenoxy) is 1. The van der Waals surface area contributed by atoms with Crippen LogP contribution in [0.1, 0.15) is 51.4 Å². The number of hydrogen-bond acceptors (Lipinski definition) is 4. The van der Waals surface area contributed by atoms with E-state index in [1.54, 1.807) is 0 Å². The van der Waals surface area contributed by atoms with E-state index in [4.69, 9.17) is 14.5 Å². The van der Waals surface area contributed by atoms with E-state index >= 15 is 0 Å². The molecule has 20 heavy (non-hydrogen) atoms. The monoisotopic (exact) mass is 306 g/mol. The summed E-state index contributed by atoms with van der Waals surface area (Å²) in [4.78, 5) is 28.7. The van der Waals surface area contributed by atoms with Crippen LogP contribution in [0.2, 0.25) is 0 Å². The Morgan fingerprint density at radius 3 is 2.40 bits per heavy atom. The molecule has 7 heteroatoms. The predicted octanol–water partition coefficient (Wildman–Crippen LogP) is 2.39. The molecule has 3 aliphatic carbocycles. The highest BCUT2D eigenvalue weighted by Crippen LogP contribution is 2.42. The van der Waals surface area contributed by atoms with E-state index in [0.717, 1.165) is 12.3 Å².